The number of allylic oxidation sites excluding steroid dienone is 1. The lowest BCUT2D eigenvalue weighted by Crippen LogP contribution is -2.52. The van der Waals surface area contributed by atoms with Crippen molar-refractivity contribution in [1.29, 1.82) is 0 Å². The topological polar surface area (TPSA) is 26.3 Å². The summed E-state index contributed by atoms with van der Waals surface area (Å²) in [5, 5.41) is 0. The number of hydrogen-bond acceptors (Lipinski definition) is 2. The van der Waals surface area contributed by atoms with Gasteiger partial charge in [0.1, 0.15) is 0 Å². The van der Waals surface area contributed by atoms with Crippen LogP contribution in [0, 0.1) is 28.6 Å². The van der Waals surface area contributed by atoms with Crippen molar-refractivity contribution in [2.24, 2.45) is 28.6 Å². The maximum Gasteiger partial charge on any atom is 0.155 e. The summed E-state index contributed by atoms with van der Waals surface area (Å²) in [6.45, 7) is 4.87. The summed E-state index contributed by atoms with van der Waals surface area (Å²) in [5.41, 5.74) is 2.27. The third kappa shape index (κ3) is 2.06. The van der Waals surface area contributed by atoms with Gasteiger partial charge in [-0.2, -0.15) is 0 Å². The summed E-state index contributed by atoms with van der Waals surface area (Å²) >= 11 is 0. The first-order valence-electron chi connectivity index (χ1n) is 9.82. The molecule has 6 atom stereocenters. The Balaban J connectivity index is 1.69. The largest absolute Gasteiger partial charge is 0.381 e. The maximum absolute atomic E-state index is 12.0. The van der Waals surface area contributed by atoms with Gasteiger partial charge in [0.2, 0.25) is 0 Å². The van der Waals surface area contributed by atoms with Crippen molar-refractivity contribution < 1.29 is 9.53 Å². The lowest BCUT2D eigenvalue weighted by molar-refractivity contribution is -0.119. The second kappa shape index (κ2) is 5.44. The molecule has 0 bridgehead atoms. The van der Waals surface area contributed by atoms with Gasteiger partial charge in [-0.15, -0.1) is 0 Å². The Labute approximate surface area is 141 Å². The van der Waals surface area contributed by atoms with Gasteiger partial charge in [0.25, 0.3) is 0 Å². The van der Waals surface area contributed by atoms with Crippen LogP contribution in [-0.2, 0) is 9.53 Å². The predicted molar refractivity (Wildman–Crippen MR) is 92.1 cm³/mol. The average molecular weight is 316 g/mol. The van der Waals surface area contributed by atoms with Gasteiger partial charge in [0, 0.05) is 13.5 Å². The summed E-state index contributed by atoms with van der Waals surface area (Å²) < 4.78 is 5.88. The molecule has 0 radical (unpaired) electrons. The molecule has 0 saturated heterocycles. The van der Waals surface area contributed by atoms with Gasteiger partial charge in [-0.05, 0) is 86.0 Å². The first-order chi connectivity index (χ1) is 11.0. The fraction of sp³-hybridized carbons (Fsp3) is 0.857. The monoisotopic (exact) mass is 316 g/mol. The van der Waals surface area contributed by atoms with Crippen molar-refractivity contribution in [3.05, 3.63) is 11.6 Å². The van der Waals surface area contributed by atoms with E-state index in [4.69, 9.17) is 4.74 Å². The number of carbonyl (C=O) groups is 1. The van der Waals surface area contributed by atoms with Gasteiger partial charge in [-0.1, -0.05) is 19.4 Å². The fourth-order valence-corrected chi connectivity index (χ4v) is 7.37. The molecule has 4 rings (SSSR count). The maximum atomic E-state index is 12.0. The first kappa shape index (κ1) is 15.9. The Hall–Kier alpha value is -0.630. The van der Waals surface area contributed by atoms with E-state index in [0.29, 0.717) is 22.7 Å². The van der Waals surface area contributed by atoms with Gasteiger partial charge >= 0.3 is 0 Å². The van der Waals surface area contributed by atoms with Crippen LogP contribution in [0.3, 0.4) is 0 Å². The lowest BCUT2D eigenvalue weighted by Gasteiger charge is -2.59. The zero-order valence-corrected chi connectivity index (χ0v) is 15.1. The summed E-state index contributed by atoms with van der Waals surface area (Å²) in [6, 6.07) is 0. The Kier molecular flexibility index (Phi) is 3.75. The molecule has 0 aromatic carbocycles. The number of carbonyl (C=O) groups excluding carboxylic acids is 1. The average Bonchev–Trinajstić information content (AvgIpc) is 2.90. The zero-order valence-electron chi connectivity index (χ0n) is 15.1. The fourth-order valence-electron chi connectivity index (χ4n) is 7.37. The molecule has 0 aromatic heterocycles. The van der Waals surface area contributed by atoms with Crippen LogP contribution in [0.2, 0.25) is 0 Å². The van der Waals surface area contributed by atoms with E-state index in [1.54, 1.807) is 0 Å². The molecule has 0 N–H and O–H groups in total. The Bertz CT molecular complexity index is 536. The molecule has 0 spiro atoms. The molecule has 128 valence electrons. The van der Waals surface area contributed by atoms with E-state index in [2.05, 4.69) is 13.8 Å². The summed E-state index contributed by atoms with van der Waals surface area (Å²) in [5.74, 6) is 2.89. The van der Waals surface area contributed by atoms with Crippen LogP contribution in [0.1, 0.15) is 71.6 Å². The summed E-state index contributed by atoms with van der Waals surface area (Å²) in [4.78, 5) is 12.0. The van der Waals surface area contributed by atoms with E-state index in [0.717, 1.165) is 30.6 Å². The Morgan fingerprint density at radius 2 is 1.96 bits per heavy atom. The van der Waals surface area contributed by atoms with Crippen molar-refractivity contribution in [3.8, 4) is 0 Å². The van der Waals surface area contributed by atoms with E-state index >= 15 is 0 Å². The molecule has 2 nitrogen and oxygen atoms in total. The van der Waals surface area contributed by atoms with Gasteiger partial charge in [-0.25, -0.2) is 0 Å². The normalized spacial score (nSPS) is 49.2. The molecule has 0 aromatic rings. The third-order valence-corrected chi connectivity index (χ3v) is 8.51. The van der Waals surface area contributed by atoms with Gasteiger partial charge in [-0.3, -0.25) is 4.79 Å². The highest BCUT2D eigenvalue weighted by atomic mass is 16.5. The van der Waals surface area contributed by atoms with Crippen LogP contribution < -0.4 is 0 Å². The summed E-state index contributed by atoms with van der Waals surface area (Å²) in [6.07, 6.45) is 13.4. The van der Waals surface area contributed by atoms with E-state index in [-0.39, 0.29) is 0 Å². The van der Waals surface area contributed by atoms with Gasteiger partial charge in [0.05, 0.1) is 6.10 Å². The van der Waals surface area contributed by atoms with Crippen LogP contribution in [0.5, 0.6) is 0 Å². The van der Waals surface area contributed by atoms with Crippen LogP contribution >= 0.6 is 0 Å². The number of hydrogen-bond donors (Lipinski definition) is 0. The van der Waals surface area contributed by atoms with Crippen LogP contribution in [-0.4, -0.2) is 19.0 Å². The molecule has 4 aliphatic rings. The van der Waals surface area contributed by atoms with Crippen LogP contribution in [0.25, 0.3) is 0 Å². The zero-order chi connectivity index (χ0) is 16.2. The van der Waals surface area contributed by atoms with Crippen LogP contribution in [0.15, 0.2) is 11.6 Å². The molecule has 23 heavy (non-hydrogen) atoms. The van der Waals surface area contributed by atoms with Gasteiger partial charge in [0.15, 0.2) is 5.78 Å². The lowest BCUT2D eigenvalue weighted by atomic mass is 9.46. The van der Waals surface area contributed by atoms with Crippen molar-refractivity contribution in [3.63, 3.8) is 0 Å². The Morgan fingerprint density at radius 3 is 2.70 bits per heavy atom. The minimum Gasteiger partial charge on any atom is -0.381 e. The molecule has 0 aliphatic heterocycles. The molecule has 3 saturated carbocycles. The number of ether oxygens (including phenoxy) is 1. The minimum absolute atomic E-state index is 0.351. The van der Waals surface area contributed by atoms with E-state index in [1.807, 2.05) is 13.2 Å². The predicted octanol–water partition coefficient (Wildman–Crippen LogP) is 4.92. The molecule has 1 unspecified atom stereocenters. The molecular formula is C21H32O2. The van der Waals surface area contributed by atoms with Crippen molar-refractivity contribution in [2.75, 3.05) is 7.11 Å². The van der Waals surface area contributed by atoms with Crippen molar-refractivity contribution >= 4 is 5.78 Å². The molecule has 3 fully saturated rings. The highest BCUT2D eigenvalue weighted by Gasteiger charge is 2.59. The highest BCUT2D eigenvalue weighted by molar-refractivity contribution is 5.91. The highest BCUT2D eigenvalue weighted by Crippen LogP contribution is 2.66. The van der Waals surface area contributed by atoms with E-state index < -0.39 is 0 Å². The number of methoxy groups -OCH3 is 1. The molecule has 0 heterocycles. The number of fused-ring (bicyclic) bond motifs is 5. The molecular weight excluding hydrogens is 284 g/mol. The van der Waals surface area contributed by atoms with E-state index in [9.17, 15) is 4.79 Å². The minimum atomic E-state index is 0.351. The van der Waals surface area contributed by atoms with Crippen molar-refractivity contribution in [2.45, 2.75) is 77.7 Å². The number of rotatable bonds is 2. The first-order valence-corrected chi connectivity index (χ1v) is 9.82. The summed E-state index contributed by atoms with van der Waals surface area (Å²) in [7, 11) is 1.91. The standard InChI is InChI=1S/C21H32O2/c1-4-21-12-9-15(22)13-14(21)5-6-16-17-7-8-19(23-3)20(17,2)11-10-18(16)21/h13,16-19H,4-12H2,1-3H3/t16-,17-,18-,19?,20-,21-/m0/s1. The number of ketones is 1. The SMILES string of the molecule is CC[C@]12CCC(=O)C=C1CC[C@@H]1[C@@H]2CC[C@]2(C)C(OC)CC[C@@H]12. The Morgan fingerprint density at radius 1 is 1.13 bits per heavy atom. The molecule has 4 aliphatic carbocycles. The molecule has 0 amide bonds. The smallest absolute Gasteiger partial charge is 0.155 e. The van der Waals surface area contributed by atoms with Crippen LogP contribution in [0.4, 0.5) is 0 Å². The molecule has 2 heteroatoms. The van der Waals surface area contributed by atoms with Crippen molar-refractivity contribution in [1.82, 2.24) is 0 Å². The van der Waals surface area contributed by atoms with Gasteiger partial charge < -0.3 is 4.74 Å². The second-order valence-corrected chi connectivity index (χ2v) is 8.91. The second-order valence-electron chi connectivity index (χ2n) is 8.91. The van der Waals surface area contributed by atoms with E-state index in [1.165, 1.54) is 50.5 Å². The third-order valence-electron chi connectivity index (χ3n) is 8.51. The quantitative estimate of drug-likeness (QED) is 0.722.